The Balaban J connectivity index is 2.02. The van der Waals surface area contributed by atoms with Gasteiger partial charge in [0.15, 0.2) is 0 Å². The normalized spacial score (nSPS) is 11.3. The van der Waals surface area contributed by atoms with Gasteiger partial charge in [0.25, 0.3) is 0 Å². The summed E-state index contributed by atoms with van der Waals surface area (Å²) in [4.78, 5) is 12.2. The van der Waals surface area contributed by atoms with E-state index < -0.39 is 11.3 Å². The number of hydrogen-bond donors (Lipinski definition) is 1. The van der Waals surface area contributed by atoms with Gasteiger partial charge in [-0.2, -0.15) is 0 Å². The summed E-state index contributed by atoms with van der Waals surface area (Å²) in [5, 5.41) is 0. The molecule has 0 aliphatic carbocycles. The highest BCUT2D eigenvalue weighted by Gasteiger charge is 2.26. The predicted octanol–water partition coefficient (Wildman–Crippen LogP) is 4.18. The van der Waals surface area contributed by atoms with E-state index in [-0.39, 0.29) is 12.2 Å². The molecule has 2 aromatic rings. The van der Waals surface area contributed by atoms with Crippen molar-refractivity contribution in [1.82, 2.24) is 0 Å². The summed E-state index contributed by atoms with van der Waals surface area (Å²) in [6.07, 6.45) is 0.289. The number of thioether (sulfide) groups is 1. The molecule has 5 heteroatoms. The van der Waals surface area contributed by atoms with E-state index in [1.54, 1.807) is 38.8 Å². The summed E-state index contributed by atoms with van der Waals surface area (Å²) in [6.45, 7) is 3.45. The fourth-order valence-corrected chi connectivity index (χ4v) is 3.09. The summed E-state index contributed by atoms with van der Waals surface area (Å²) in [7, 11) is 1.63. The van der Waals surface area contributed by atoms with E-state index >= 15 is 0 Å². The van der Waals surface area contributed by atoms with Gasteiger partial charge in [-0.3, -0.25) is 4.79 Å². The van der Waals surface area contributed by atoms with Crippen molar-refractivity contribution in [3.63, 3.8) is 0 Å². The molecule has 2 rings (SSSR count). The van der Waals surface area contributed by atoms with Crippen LogP contribution in [0.1, 0.15) is 25.0 Å². The third-order valence-electron chi connectivity index (χ3n) is 3.89. The maximum Gasteiger partial charge on any atom is 0.223 e. The van der Waals surface area contributed by atoms with Crippen molar-refractivity contribution >= 4 is 17.7 Å². The fourth-order valence-electron chi connectivity index (χ4n) is 2.21. The summed E-state index contributed by atoms with van der Waals surface area (Å²) in [5.41, 5.74) is 6.24. The van der Waals surface area contributed by atoms with E-state index in [1.165, 1.54) is 6.07 Å². The molecule has 2 N–H and O–H groups in total. The maximum atomic E-state index is 14.3. The predicted molar refractivity (Wildman–Crippen MR) is 95.6 cm³/mol. The Kier molecular flexibility index (Phi) is 5.89. The number of rotatable bonds is 7. The Labute approximate surface area is 146 Å². The van der Waals surface area contributed by atoms with Gasteiger partial charge in [-0.25, -0.2) is 4.39 Å². The van der Waals surface area contributed by atoms with Crippen LogP contribution in [0, 0.1) is 11.2 Å². The minimum absolute atomic E-state index is 0.289. The maximum absolute atomic E-state index is 14.3. The molecule has 0 heterocycles. The van der Waals surface area contributed by atoms with Crippen LogP contribution in [0.5, 0.6) is 5.75 Å². The van der Waals surface area contributed by atoms with E-state index in [9.17, 15) is 9.18 Å². The van der Waals surface area contributed by atoms with Gasteiger partial charge in [-0.15, -0.1) is 11.8 Å². The average molecular weight is 347 g/mol. The molecule has 0 spiro atoms. The minimum atomic E-state index is -0.765. The molecule has 0 atom stereocenters. The number of carbonyl (C=O) groups is 1. The molecule has 0 fully saturated rings. The molecule has 0 radical (unpaired) electrons. The number of methoxy groups -OCH3 is 1. The van der Waals surface area contributed by atoms with Gasteiger partial charge < -0.3 is 10.5 Å². The molecule has 0 aliphatic rings. The molecule has 128 valence electrons. The Morgan fingerprint density at radius 1 is 1.21 bits per heavy atom. The van der Waals surface area contributed by atoms with Gasteiger partial charge in [0.05, 0.1) is 7.11 Å². The smallest absolute Gasteiger partial charge is 0.223 e. The van der Waals surface area contributed by atoms with E-state index in [4.69, 9.17) is 10.5 Å². The zero-order valence-corrected chi connectivity index (χ0v) is 15.0. The van der Waals surface area contributed by atoms with Gasteiger partial charge in [0, 0.05) is 16.1 Å². The molecule has 0 saturated carbocycles. The zero-order valence-electron chi connectivity index (χ0n) is 14.1. The third kappa shape index (κ3) is 4.74. The van der Waals surface area contributed by atoms with Crippen LogP contribution in [0.2, 0.25) is 0 Å². The number of carbonyl (C=O) groups excluding carboxylic acids is 1. The fraction of sp³-hybridized carbons (Fsp3) is 0.316. The van der Waals surface area contributed by atoms with Crippen LogP contribution in [-0.4, -0.2) is 13.0 Å². The van der Waals surface area contributed by atoms with Crippen LogP contribution in [-0.2, 0) is 17.0 Å². The number of ether oxygens (including phenoxy) is 1. The molecule has 0 aliphatic heterocycles. The molecule has 1 amide bonds. The van der Waals surface area contributed by atoms with E-state index in [2.05, 4.69) is 0 Å². The van der Waals surface area contributed by atoms with Crippen LogP contribution in [0.3, 0.4) is 0 Å². The van der Waals surface area contributed by atoms with Crippen molar-refractivity contribution in [3.8, 4) is 5.75 Å². The van der Waals surface area contributed by atoms with Crippen molar-refractivity contribution in [2.24, 2.45) is 11.1 Å². The van der Waals surface area contributed by atoms with Crippen LogP contribution in [0.4, 0.5) is 4.39 Å². The van der Waals surface area contributed by atoms with Crippen molar-refractivity contribution in [2.75, 3.05) is 7.11 Å². The lowest BCUT2D eigenvalue weighted by Gasteiger charge is -2.20. The molecule has 0 aromatic heterocycles. The lowest BCUT2D eigenvalue weighted by atomic mass is 9.85. The number of hydrogen-bond acceptors (Lipinski definition) is 3. The van der Waals surface area contributed by atoms with Crippen molar-refractivity contribution < 1.29 is 13.9 Å². The summed E-state index contributed by atoms with van der Waals surface area (Å²) in [5.74, 6) is 0.829. The summed E-state index contributed by atoms with van der Waals surface area (Å²) in [6, 6.07) is 12.9. The van der Waals surface area contributed by atoms with Gasteiger partial charge in [-0.05, 0) is 41.8 Å². The monoisotopic (exact) mass is 347 g/mol. The third-order valence-corrected chi connectivity index (χ3v) is 4.95. The number of amides is 1. The lowest BCUT2D eigenvalue weighted by Crippen LogP contribution is -2.33. The first-order valence-corrected chi connectivity index (χ1v) is 8.64. The largest absolute Gasteiger partial charge is 0.497 e. The summed E-state index contributed by atoms with van der Waals surface area (Å²) >= 11 is 1.56. The van der Waals surface area contributed by atoms with E-state index in [0.29, 0.717) is 5.56 Å². The molecule has 24 heavy (non-hydrogen) atoms. The lowest BCUT2D eigenvalue weighted by molar-refractivity contribution is -0.125. The van der Waals surface area contributed by atoms with E-state index in [0.717, 1.165) is 22.0 Å². The molecular weight excluding hydrogens is 325 g/mol. The zero-order chi connectivity index (χ0) is 17.7. The molecule has 3 nitrogen and oxygen atoms in total. The van der Waals surface area contributed by atoms with Gasteiger partial charge in [0.1, 0.15) is 11.6 Å². The highest BCUT2D eigenvalue weighted by atomic mass is 32.2. The van der Waals surface area contributed by atoms with Crippen molar-refractivity contribution in [1.29, 1.82) is 0 Å². The quantitative estimate of drug-likeness (QED) is 0.765. The van der Waals surface area contributed by atoms with Crippen LogP contribution in [0.25, 0.3) is 0 Å². The number of halogens is 1. The number of nitrogens with two attached hydrogens (primary N) is 1. The highest BCUT2D eigenvalue weighted by Crippen LogP contribution is 2.28. The first kappa shape index (κ1) is 18.3. The number of benzene rings is 2. The van der Waals surface area contributed by atoms with Crippen molar-refractivity contribution in [3.05, 3.63) is 59.4 Å². The van der Waals surface area contributed by atoms with Crippen LogP contribution < -0.4 is 10.5 Å². The van der Waals surface area contributed by atoms with Crippen molar-refractivity contribution in [2.45, 2.75) is 30.9 Å². The average Bonchev–Trinajstić information content (AvgIpc) is 2.55. The Hall–Kier alpha value is -2.01. The first-order chi connectivity index (χ1) is 11.3. The van der Waals surface area contributed by atoms with Gasteiger partial charge in [-0.1, -0.05) is 32.0 Å². The molecule has 0 saturated heterocycles. The van der Waals surface area contributed by atoms with E-state index in [1.807, 2.05) is 30.3 Å². The Morgan fingerprint density at radius 3 is 2.42 bits per heavy atom. The minimum Gasteiger partial charge on any atom is -0.497 e. The Morgan fingerprint density at radius 2 is 1.88 bits per heavy atom. The SMILES string of the molecule is COc1ccc(CSc2ccc(CC(C)(C)C(N)=O)c(F)c2)cc1. The second-order valence-corrected chi connectivity index (χ2v) is 7.36. The number of primary amides is 1. The second-order valence-electron chi connectivity index (χ2n) is 6.31. The molecule has 0 unspecified atom stereocenters. The van der Waals surface area contributed by atoms with Crippen LogP contribution in [0.15, 0.2) is 47.4 Å². The molecule has 2 aromatic carbocycles. The second kappa shape index (κ2) is 7.71. The first-order valence-electron chi connectivity index (χ1n) is 7.66. The molecule has 0 bridgehead atoms. The topological polar surface area (TPSA) is 52.3 Å². The molecular formula is C19H22FNO2S. The standard InChI is InChI=1S/C19H22FNO2S/c1-19(2,18(21)22)11-14-6-9-16(10-17(14)20)24-12-13-4-7-15(23-3)8-5-13/h4-10H,11-12H2,1-3H3,(H2,21,22). The van der Waals surface area contributed by atoms with Gasteiger partial charge in [0.2, 0.25) is 5.91 Å². The Bertz CT molecular complexity index is 714. The summed E-state index contributed by atoms with van der Waals surface area (Å²) < 4.78 is 19.4. The van der Waals surface area contributed by atoms with Gasteiger partial charge >= 0.3 is 0 Å². The highest BCUT2D eigenvalue weighted by molar-refractivity contribution is 7.98. The van der Waals surface area contributed by atoms with Crippen LogP contribution >= 0.6 is 11.8 Å².